The van der Waals surface area contributed by atoms with Crippen LogP contribution in [0.5, 0.6) is 5.88 Å². The Morgan fingerprint density at radius 3 is 2.26 bits per heavy atom. The summed E-state index contributed by atoms with van der Waals surface area (Å²) >= 11 is 13.9. The monoisotopic (exact) mass is 768 g/mol. The number of halogens is 4. The van der Waals surface area contributed by atoms with E-state index in [1.807, 2.05) is 12.1 Å². The van der Waals surface area contributed by atoms with Gasteiger partial charge in [-0.1, -0.05) is 60.5 Å². The van der Waals surface area contributed by atoms with Crippen LogP contribution < -0.4 is 21.3 Å². The second-order valence-corrected chi connectivity index (χ2v) is 13.5. The van der Waals surface area contributed by atoms with Crippen molar-refractivity contribution in [1.29, 1.82) is 0 Å². The lowest BCUT2D eigenvalue weighted by atomic mass is 10.0. The average molecular weight is 770 g/mol. The van der Waals surface area contributed by atoms with Crippen LogP contribution in [0.1, 0.15) is 31.8 Å². The molecule has 1 N–H and O–H groups in total. The molecule has 2 fully saturated rings. The lowest BCUT2D eigenvalue weighted by molar-refractivity contribution is -0.128. The Kier molecular flexibility index (Phi) is 11.1. The molecule has 0 spiro atoms. The summed E-state index contributed by atoms with van der Waals surface area (Å²) in [6.07, 6.45) is -1.39. The maximum atomic E-state index is 13.8. The van der Waals surface area contributed by atoms with Crippen molar-refractivity contribution in [3.8, 4) is 28.3 Å². The van der Waals surface area contributed by atoms with E-state index in [1.54, 1.807) is 44.5 Å². The standard InChI is InChI=1S/C33H30Cl2F2N8O3.C3H6O2/c1-15-19-12-45(13-20(15)19)14-23-31(48-4)40-22(11-38-23)18-9-5-7-16(25(18)34)17-8-6-10-21(26(17)35)39-28-24-30(42-29(41-28)27(36)37)43(2)33(47)44(3)32(24)46;1-2-5-3-4/h5-11,15,19-20,27H,12-14H2,1-4H3,(H,39,41,42);3H,2H2,1H3. The number of aryl methyl sites for hydroxylation is 1. The number of nitrogens with zero attached hydrogens (tertiary/aromatic N) is 7. The summed E-state index contributed by atoms with van der Waals surface area (Å²) < 4.78 is 39.3. The van der Waals surface area contributed by atoms with Crippen LogP contribution in [0.2, 0.25) is 10.0 Å². The van der Waals surface area contributed by atoms with Crippen molar-refractivity contribution in [2.45, 2.75) is 26.8 Å². The third kappa shape index (κ3) is 7.33. The molecule has 278 valence electrons. The fourth-order valence-corrected chi connectivity index (χ4v) is 7.28. The number of hydrogen-bond donors (Lipinski definition) is 1. The van der Waals surface area contributed by atoms with Crippen molar-refractivity contribution in [3.63, 3.8) is 0 Å². The third-order valence-corrected chi connectivity index (χ3v) is 10.5. The highest BCUT2D eigenvalue weighted by Gasteiger charge is 2.52. The minimum atomic E-state index is -3.07. The van der Waals surface area contributed by atoms with Crippen molar-refractivity contribution >= 4 is 52.2 Å². The van der Waals surface area contributed by atoms with Crippen molar-refractivity contribution in [1.82, 2.24) is 34.0 Å². The molecule has 3 aromatic heterocycles. The van der Waals surface area contributed by atoms with E-state index in [4.69, 9.17) is 37.9 Å². The van der Waals surface area contributed by atoms with Gasteiger partial charge in [-0.3, -0.25) is 28.6 Å². The van der Waals surface area contributed by atoms with Crippen LogP contribution in [0, 0.1) is 17.8 Å². The van der Waals surface area contributed by atoms with Crippen LogP contribution in [0.4, 0.5) is 20.3 Å². The summed E-state index contributed by atoms with van der Waals surface area (Å²) in [5, 5.41) is 3.31. The Morgan fingerprint density at radius 2 is 1.64 bits per heavy atom. The molecule has 13 nitrogen and oxygen atoms in total. The molecule has 17 heteroatoms. The zero-order valence-corrected chi connectivity index (χ0v) is 31.0. The van der Waals surface area contributed by atoms with Crippen molar-refractivity contribution in [3.05, 3.63) is 85.0 Å². The molecule has 1 saturated carbocycles. The predicted molar refractivity (Wildman–Crippen MR) is 197 cm³/mol. The number of methoxy groups -OCH3 is 1. The molecule has 2 unspecified atom stereocenters. The van der Waals surface area contributed by atoms with E-state index in [9.17, 15) is 23.2 Å². The molecule has 5 aromatic rings. The fraction of sp³-hybridized carbons (Fsp3) is 0.361. The SMILES string of the molecule is CCOC=O.COc1nc(-c2cccc(-c3cccc(Nc4nc(C(F)F)nc5c4c(=O)n(C)c(=O)n5C)c3Cl)c2Cl)cnc1CN1CC2C(C)C2C1. The molecule has 2 aromatic carbocycles. The number of ether oxygens (including phenoxy) is 2. The van der Waals surface area contributed by atoms with Gasteiger partial charge in [0, 0.05) is 50.4 Å². The van der Waals surface area contributed by atoms with Crippen LogP contribution in [0.15, 0.2) is 52.2 Å². The molecule has 0 amide bonds. The number of likely N-dealkylation sites (tertiary alicyclic amines) is 1. The Labute approximate surface area is 312 Å². The van der Waals surface area contributed by atoms with Crippen LogP contribution in [0.25, 0.3) is 33.4 Å². The molecule has 53 heavy (non-hydrogen) atoms. The van der Waals surface area contributed by atoms with Gasteiger partial charge >= 0.3 is 5.69 Å². The number of piperidine rings is 1. The van der Waals surface area contributed by atoms with Gasteiger partial charge in [-0.2, -0.15) is 0 Å². The highest BCUT2D eigenvalue weighted by molar-refractivity contribution is 6.39. The second kappa shape index (κ2) is 15.5. The number of fused-ring (bicyclic) bond motifs is 2. The molecule has 2 atom stereocenters. The van der Waals surface area contributed by atoms with Crippen LogP contribution in [-0.2, 0) is 30.2 Å². The first-order valence-electron chi connectivity index (χ1n) is 16.7. The predicted octanol–water partition coefficient (Wildman–Crippen LogP) is 6.02. The van der Waals surface area contributed by atoms with Crippen molar-refractivity contribution in [2.24, 2.45) is 31.8 Å². The van der Waals surface area contributed by atoms with Gasteiger partial charge in [-0.05, 0) is 30.7 Å². The Bertz CT molecular complexity index is 2310. The molecule has 1 aliphatic heterocycles. The van der Waals surface area contributed by atoms with Crippen molar-refractivity contribution in [2.75, 3.05) is 32.1 Å². The zero-order valence-electron chi connectivity index (χ0n) is 29.4. The zero-order chi connectivity index (χ0) is 38.1. The number of nitrogens with one attached hydrogen (secondary N) is 1. The van der Waals surface area contributed by atoms with Crippen molar-refractivity contribution < 1.29 is 23.0 Å². The minimum absolute atomic E-state index is 0.155. The second-order valence-electron chi connectivity index (χ2n) is 12.7. The molecular weight excluding hydrogens is 733 g/mol. The van der Waals surface area contributed by atoms with Gasteiger partial charge in [0.2, 0.25) is 5.88 Å². The molecule has 4 heterocycles. The van der Waals surface area contributed by atoms with Crippen LogP contribution in [-0.4, -0.2) is 67.2 Å². The number of hydrogen-bond acceptors (Lipinski definition) is 11. The maximum absolute atomic E-state index is 13.8. The maximum Gasteiger partial charge on any atom is 0.332 e. The third-order valence-electron chi connectivity index (χ3n) is 9.64. The highest BCUT2D eigenvalue weighted by Crippen LogP contribution is 2.51. The number of alkyl halides is 2. The van der Waals surface area contributed by atoms with Gasteiger partial charge in [0.15, 0.2) is 11.5 Å². The normalized spacial score (nSPS) is 17.7. The first-order chi connectivity index (χ1) is 25.4. The summed E-state index contributed by atoms with van der Waals surface area (Å²) in [5.41, 5.74) is 1.49. The summed E-state index contributed by atoms with van der Waals surface area (Å²) in [4.78, 5) is 54.4. The van der Waals surface area contributed by atoms with E-state index >= 15 is 0 Å². The summed E-state index contributed by atoms with van der Waals surface area (Å²) in [6.45, 7) is 7.73. The molecule has 1 aliphatic carbocycles. The van der Waals surface area contributed by atoms with E-state index in [-0.39, 0.29) is 27.6 Å². The quantitative estimate of drug-likeness (QED) is 0.166. The van der Waals surface area contributed by atoms with Gasteiger partial charge < -0.3 is 14.8 Å². The number of carbonyl (C=O) groups excluding carboxylic acids is 1. The lowest BCUT2D eigenvalue weighted by Crippen LogP contribution is -2.38. The number of carbonyl (C=O) groups is 1. The van der Waals surface area contributed by atoms with Crippen LogP contribution in [0.3, 0.4) is 0 Å². The first kappa shape index (κ1) is 37.8. The van der Waals surface area contributed by atoms with E-state index in [1.165, 1.54) is 14.1 Å². The lowest BCUT2D eigenvalue weighted by Gasteiger charge is -2.19. The smallest absolute Gasteiger partial charge is 0.332 e. The number of anilines is 2. The molecule has 2 aliphatic rings. The Morgan fingerprint density at radius 1 is 0.981 bits per heavy atom. The highest BCUT2D eigenvalue weighted by atomic mass is 35.5. The van der Waals surface area contributed by atoms with Gasteiger partial charge in [0.25, 0.3) is 18.5 Å². The van der Waals surface area contributed by atoms with Gasteiger partial charge in [0.05, 0.1) is 41.3 Å². The van der Waals surface area contributed by atoms with E-state index in [0.717, 1.165) is 45.7 Å². The Balaban J connectivity index is 0.000000902. The molecule has 7 rings (SSSR count). The number of aromatic nitrogens is 6. The largest absolute Gasteiger partial charge is 0.480 e. The molecule has 1 saturated heterocycles. The van der Waals surface area contributed by atoms with E-state index in [2.05, 4.69) is 31.8 Å². The topological polar surface area (TPSA) is 146 Å². The van der Waals surface area contributed by atoms with E-state index < -0.39 is 23.5 Å². The summed E-state index contributed by atoms with van der Waals surface area (Å²) in [5.74, 6) is 1.67. The number of rotatable bonds is 10. The van der Waals surface area contributed by atoms with Gasteiger partial charge in [-0.25, -0.2) is 28.5 Å². The summed E-state index contributed by atoms with van der Waals surface area (Å²) in [6, 6.07) is 10.5. The molecular formula is C36H36Cl2F2N8O5. The Hall–Kier alpha value is -4.99. The molecule has 0 bridgehead atoms. The van der Waals surface area contributed by atoms with E-state index in [0.29, 0.717) is 52.9 Å². The number of benzene rings is 2. The van der Waals surface area contributed by atoms with Gasteiger partial charge in [0.1, 0.15) is 16.9 Å². The molecule has 0 radical (unpaired) electrons. The minimum Gasteiger partial charge on any atom is -0.480 e. The first-order valence-corrected chi connectivity index (χ1v) is 17.4. The fourth-order valence-electron chi connectivity index (χ4n) is 6.68. The van der Waals surface area contributed by atoms with Gasteiger partial charge in [-0.15, -0.1) is 0 Å². The average Bonchev–Trinajstić information content (AvgIpc) is 3.52. The summed E-state index contributed by atoms with van der Waals surface area (Å²) in [7, 11) is 4.18. The van der Waals surface area contributed by atoms with Crippen LogP contribution >= 0.6 is 23.2 Å².